The standard InChI is InChI=1S/C34H36FN9/c1-43(2)11-8-37-26-14-23(13-25(35)15-26)33-27-17-31(40-29(27)6-7-38-33)34-28-16-30(39-20-32(28)41-42-34)24-12-22(18-36-19-24)21-44-9-4-3-5-10-44/h6-7,12-20,37,40H,3-5,8-11,21H2,1-2H3,(H,41,42). The van der Waals surface area contributed by atoms with Crippen LogP contribution < -0.4 is 5.32 Å². The maximum atomic E-state index is 14.7. The molecule has 10 heteroatoms. The van der Waals surface area contributed by atoms with Crippen LogP contribution >= 0.6 is 0 Å². The van der Waals surface area contributed by atoms with E-state index >= 15 is 0 Å². The third-order valence-electron chi connectivity index (χ3n) is 8.26. The highest BCUT2D eigenvalue weighted by molar-refractivity contribution is 6.00. The molecule has 3 N–H and O–H groups in total. The summed E-state index contributed by atoms with van der Waals surface area (Å²) in [6.45, 7) is 4.75. The van der Waals surface area contributed by atoms with Gasteiger partial charge in [-0.3, -0.25) is 25.0 Å². The number of rotatable bonds is 9. The zero-order valence-electron chi connectivity index (χ0n) is 25.1. The zero-order valence-corrected chi connectivity index (χ0v) is 25.1. The first kappa shape index (κ1) is 28.1. The molecular weight excluding hydrogens is 553 g/mol. The molecule has 6 heterocycles. The first-order valence-corrected chi connectivity index (χ1v) is 15.2. The molecule has 1 aliphatic heterocycles. The number of halogens is 1. The minimum Gasteiger partial charge on any atom is -0.384 e. The zero-order chi connectivity index (χ0) is 30.0. The average Bonchev–Trinajstić information content (AvgIpc) is 3.65. The quantitative estimate of drug-likeness (QED) is 0.181. The van der Waals surface area contributed by atoms with Crippen LogP contribution in [0.25, 0.3) is 55.7 Å². The molecule has 0 amide bonds. The van der Waals surface area contributed by atoms with Crippen LogP contribution in [0.4, 0.5) is 10.1 Å². The fraction of sp³-hybridized carbons (Fsp3) is 0.294. The van der Waals surface area contributed by atoms with Gasteiger partial charge in [0.15, 0.2) is 0 Å². The van der Waals surface area contributed by atoms with Crippen molar-refractivity contribution >= 4 is 27.5 Å². The number of anilines is 1. The number of likely N-dealkylation sites (N-methyl/N-ethyl adjacent to an activating group) is 1. The van der Waals surface area contributed by atoms with Gasteiger partial charge in [0.1, 0.15) is 11.5 Å². The summed E-state index contributed by atoms with van der Waals surface area (Å²) in [5, 5.41) is 13.0. The predicted octanol–water partition coefficient (Wildman–Crippen LogP) is 6.33. The Hall–Kier alpha value is -4.67. The monoisotopic (exact) mass is 589 g/mol. The number of nitrogens with one attached hydrogen (secondary N) is 3. The lowest BCUT2D eigenvalue weighted by atomic mass is 10.1. The van der Waals surface area contributed by atoms with Gasteiger partial charge < -0.3 is 15.2 Å². The molecule has 0 aliphatic carbocycles. The normalized spacial score (nSPS) is 14.2. The Labute approximate surface area is 255 Å². The van der Waals surface area contributed by atoms with Crippen molar-refractivity contribution in [2.75, 3.05) is 45.6 Å². The van der Waals surface area contributed by atoms with E-state index in [1.54, 1.807) is 6.20 Å². The van der Waals surface area contributed by atoms with Crippen molar-refractivity contribution in [3.63, 3.8) is 0 Å². The highest BCUT2D eigenvalue weighted by Gasteiger charge is 2.17. The van der Waals surface area contributed by atoms with Crippen LogP contribution in [0.3, 0.4) is 0 Å². The van der Waals surface area contributed by atoms with E-state index in [2.05, 4.69) is 52.4 Å². The SMILES string of the molecule is CN(C)CCNc1cc(F)cc(-c2nccc3[nH]c(-c4n[nH]c5cnc(-c6cncc(CN7CCCCC7)c6)cc45)cc23)c1. The van der Waals surface area contributed by atoms with E-state index in [0.717, 1.165) is 76.3 Å². The molecule has 1 aromatic carbocycles. The Morgan fingerprint density at radius 2 is 1.75 bits per heavy atom. The van der Waals surface area contributed by atoms with E-state index in [4.69, 9.17) is 4.98 Å². The van der Waals surface area contributed by atoms with Crippen molar-refractivity contribution < 1.29 is 4.39 Å². The van der Waals surface area contributed by atoms with Gasteiger partial charge in [0, 0.05) is 71.3 Å². The van der Waals surface area contributed by atoms with Gasteiger partial charge in [-0.25, -0.2) is 4.39 Å². The molecule has 0 atom stereocenters. The van der Waals surface area contributed by atoms with Crippen molar-refractivity contribution in [3.05, 3.63) is 78.6 Å². The van der Waals surface area contributed by atoms with Crippen molar-refractivity contribution in [1.82, 2.24) is 39.9 Å². The van der Waals surface area contributed by atoms with Crippen LogP contribution in [0.2, 0.25) is 0 Å². The van der Waals surface area contributed by atoms with Crippen LogP contribution in [0.15, 0.2) is 67.3 Å². The van der Waals surface area contributed by atoms with Crippen molar-refractivity contribution in [2.45, 2.75) is 25.8 Å². The minimum absolute atomic E-state index is 0.308. The average molecular weight is 590 g/mol. The van der Waals surface area contributed by atoms with Crippen LogP contribution in [0.1, 0.15) is 24.8 Å². The molecule has 44 heavy (non-hydrogen) atoms. The van der Waals surface area contributed by atoms with Crippen LogP contribution in [0, 0.1) is 5.82 Å². The van der Waals surface area contributed by atoms with Gasteiger partial charge >= 0.3 is 0 Å². The molecule has 1 fully saturated rings. The van der Waals surface area contributed by atoms with Gasteiger partial charge in [-0.1, -0.05) is 6.42 Å². The number of hydrogen-bond acceptors (Lipinski definition) is 7. The van der Waals surface area contributed by atoms with E-state index < -0.39 is 0 Å². The Kier molecular flexibility index (Phi) is 7.76. The van der Waals surface area contributed by atoms with E-state index in [1.165, 1.54) is 37.0 Å². The molecule has 0 saturated carbocycles. The summed E-state index contributed by atoms with van der Waals surface area (Å²) < 4.78 is 14.7. The highest BCUT2D eigenvalue weighted by Crippen LogP contribution is 2.35. The van der Waals surface area contributed by atoms with Gasteiger partial charge in [0.05, 0.1) is 28.8 Å². The number of piperidine rings is 1. The van der Waals surface area contributed by atoms with Gasteiger partial charge in [-0.05, 0) is 88.1 Å². The Balaban J connectivity index is 1.21. The number of aromatic amines is 2. The lowest BCUT2D eigenvalue weighted by Gasteiger charge is -2.26. The smallest absolute Gasteiger partial charge is 0.125 e. The Morgan fingerprint density at radius 3 is 2.61 bits per heavy atom. The van der Waals surface area contributed by atoms with Crippen LogP contribution in [-0.2, 0) is 6.54 Å². The maximum absolute atomic E-state index is 14.7. The van der Waals surface area contributed by atoms with Crippen molar-refractivity contribution in [1.29, 1.82) is 0 Å². The number of benzene rings is 1. The fourth-order valence-corrected chi connectivity index (χ4v) is 6.03. The molecule has 6 aromatic rings. The first-order valence-electron chi connectivity index (χ1n) is 15.2. The van der Waals surface area contributed by atoms with Gasteiger partial charge in [0.2, 0.25) is 0 Å². The summed E-state index contributed by atoms with van der Waals surface area (Å²) >= 11 is 0. The van der Waals surface area contributed by atoms with E-state index in [0.29, 0.717) is 17.8 Å². The summed E-state index contributed by atoms with van der Waals surface area (Å²) in [4.78, 5) is 22.0. The maximum Gasteiger partial charge on any atom is 0.125 e. The second kappa shape index (κ2) is 12.1. The lowest BCUT2D eigenvalue weighted by molar-refractivity contribution is 0.220. The second-order valence-corrected chi connectivity index (χ2v) is 11.9. The molecule has 0 unspecified atom stereocenters. The molecule has 5 aromatic heterocycles. The molecule has 7 rings (SSSR count). The number of hydrogen-bond donors (Lipinski definition) is 3. The summed E-state index contributed by atoms with van der Waals surface area (Å²) in [5.74, 6) is -0.308. The molecule has 0 spiro atoms. The summed E-state index contributed by atoms with van der Waals surface area (Å²) in [5.41, 5.74) is 8.55. The van der Waals surface area contributed by atoms with E-state index in [-0.39, 0.29) is 5.82 Å². The van der Waals surface area contributed by atoms with Crippen molar-refractivity contribution in [3.8, 4) is 33.9 Å². The lowest BCUT2D eigenvalue weighted by Crippen LogP contribution is -2.29. The predicted molar refractivity (Wildman–Crippen MR) is 174 cm³/mol. The van der Waals surface area contributed by atoms with Crippen LogP contribution in [0.5, 0.6) is 0 Å². The number of H-pyrrole nitrogens is 2. The van der Waals surface area contributed by atoms with Crippen LogP contribution in [-0.4, -0.2) is 80.2 Å². The van der Waals surface area contributed by atoms with E-state index in [9.17, 15) is 4.39 Å². The summed E-state index contributed by atoms with van der Waals surface area (Å²) in [6, 6.07) is 13.2. The van der Waals surface area contributed by atoms with E-state index in [1.807, 2.05) is 50.9 Å². The number of likely N-dealkylation sites (tertiary alicyclic amines) is 1. The van der Waals surface area contributed by atoms with Gasteiger partial charge in [-0.15, -0.1) is 0 Å². The number of pyridine rings is 3. The number of fused-ring (bicyclic) bond motifs is 2. The third-order valence-corrected chi connectivity index (χ3v) is 8.26. The molecule has 0 bridgehead atoms. The molecule has 1 saturated heterocycles. The molecular formula is C34H36FN9. The Bertz CT molecular complexity index is 1920. The fourth-order valence-electron chi connectivity index (χ4n) is 6.03. The highest BCUT2D eigenvalue weighted by atomic mass is 19.1. The topological polar surface area (TPSA) is 102 Å². The summed E-state index contributed by atoms with van der Waals surface area (Å²) in [7, 11) is 4.03. The third kappa shape index (κ3) is 5.91. The van der Waals surface area contributed by atoms with Gasteiger partial charge in [-0.2, -0.15) is 5.10 Å². The number of nitrogens with zero attached hydrogens (tertiary/aromatic N) is 6. The Morgan fingerprint density at radius 1 is 0.886 bits per heavy atom. The van der Waals surface area contributed by atoms with Gasteiger partial charge in [0.25, 0.3) is 0 Å². The number of aromatic nitrogens is 6. The molecule has 9 nitrogen and oxygen atoms in total. The van der Waals surface area contributed by atoms with Crippen molar-refractivity contribution in [2.24, 2.45) is 0 Å². The molecule has 1 aliphatic rings. The first-order chi connectivity index (χ1) is 21.5. The minimum atomic E-state index is -0.308. The molecule has 0 radical (unpaired) electrons. The largest absolute Gasteiger partial charge is 0.384 e. The molecule has 224 valence electrons. The second-order valence-electron chi connectivity index (χ2n) is 11.9. The summed E-state index contributed by atoms with van der Waals surface area (Å²) in [6.07, 6.45) is 11.2.